The Morgan fingerprint density at radius 3 is 2.42 bits per heavy atom. The molecule has 24 heavy (non-hydrogen) atoms. The molecule has 0 bridgehead atoms. The van der Waals surface area contributed by atoms with Gasteiger partial charge in [-0.1, -0.05) is 37.6 Å². The summed E-state index contributed by atoms with van der Waals surface area (Å²) in [7, 11) is 0. The van der Waals surface area contributed by atoms with E-state index in [9.17, 15) is 0 Å². The van der Waals surface area contributed by atoms with Gasteiger partial charge in [-0.15, -0.1) is 0 Å². The van der Waals surface area contributed by atoms with E-state index in [2.05, 4.69) is 54.4 Å². The monoisotopic (exact) mass is 320 g/mol. The van der Waals surface area contributed by atoms with Crippen LogP contribution in [0.25, 0.3) is 0 Å². The molecule has 0 aliphatic rings. The van der Waals surface area contributed by atoms with Crippen LogP contribution in [0.2, 0.25) is 0 Å². The van der Waals surface area contributed by atoms with Crippen molar-refractivity contribution in [2.75, 3.05) is 0 Å². The van der Waals surface area contributed by atoms with Crippen molar-refractivity contribution < 1.29 is 0 Å². The molecule has 0 aliphatic heterocycles. The Hall–Kier alpha value is -2.49. The molecule has 2 aromatic heterocycles. The van der Waals surface area contributed by atoms with Crippen molar-refractivity contribution in [3.63, 3.8) is 0 Å². The molecule has 0 radical (unpaired) electrons. The van der Waals surface area contributed by atoms with Gasteiger partial charge in [-0.25, -0.2) is 0 Å². The van der Waals surface area contributed by atoms with Gasteiger partial charge in [0.05, 0.1) is 24.1 Å². The van der Waals surface area contributed by atoms with Gasteiger partial charge < -0.3 is 0 Å². The van der Waals surface area contributed by atoms with E-state index in [4.69, 9.17) is 4.98 Å². The van der Waals surface area contributed by atoms with E-state index in [1.165, 1.54) is 29.5 Å². The smallest absolute Gasteiger partial charge is 0.0659 e. The highest BCUT2D eigenvalue weighted by Crippen LogP contribution is 2.11. The summed E-state index contributed by atoms with van der Waals surface area (Å²) in [6.45, 7) is 5.06. The number of unbranched alkanes of at least 4 members (excludes halogenated alkanes) is 1. The quantitative estimate of drug-likeness (QED) is 0.662. The van der Waals surface area contributed by atoms with Crippen molar-refractivity contribution in [2.24, 2.45) is 0 Å². The molecule has 0 N–H and O–H groups in total. The van der Waals surface area contributed by atoms with Crippen LogP contribution in [0, 0.1) is 6.92 Å². The van der Waals surface area contributed by atoms with Gasteiger partial charge in [0.1, 0.15) is 0 Å². The van der Waals surface area contributed by atoms with Crippen LogP contribution in [0.3, 0.4) is 0 Å². The maximum absolute atomic E-state index is 4.72. The SMILES string of the molecule is CCCCc1cncc(Cc2ccc(Cn3cc(C)cn3)cc2)n1. The van der Waals surface area contributed by atoms with E-state index in [1.54, 1.807) is 0 Å². The van der Waals surface area contributed by atoms with Crippen LogP contribution in [0.1, 0.15) is 47.8 Å². The Bertz CT molecular complexity index is 774. The molecule has 0 saturated heterocycles. The van der Waals surface area contributed by atoms with Crippen LogP contribution in [0.15, 0.2) is 49.1 Å². The maximum Gasteiger partial charge on any atom is 0.0659 e. The molecular formula is C20H24N4. The lowest BCUT2D eigenvalue weighted by atomic mass is 10.1. The molecule has 0 amide bonds. The first-order valence-corrected chi connectivity index (χ1v) is 8.59. The highest BCUT2D eigenvalue weighted by Gasteiger charge is 2.02. The van der Waals surface area contributed by atoms with Gasteiger partial charge in [0.25, 0.3) is 0 Å². The van der Waals surface area contributed by atoms with Gasteiger partial charge in [0, 0.05) is 25.0 Å². The molecule has 124 valence electrons. The van der Waals surface area contributed by atoms with Gasteiger partial charge >= 0.3 is 0 Å². The molecule has 0 atom stereocenters. The third kappa shape index (κ3) is 4.51. The molecule has 0 aliphatic carbocycles. The minimum Gasteiger partial charge on any atom is -0.268 e. The van der Waals surface area contributed by atoms with Crippen LogP contribution in [0.4, 0.5) is 0 Å². The summed E-state index contributed by atoms with van der Waals surface area (Å²) < 4.78 is 1.97. The average Bonchev–Trinajstić information content (AvgIpc) is 3.00. The Morgan fingerprint density at radius 2 is 1.71 bits per heavy atom. The standard InChI is InChI=1S/C20H24N4/c1-3-4-5-19-12-21-13-20(23-19)10-17-6-8-18(9-7-17)15-24-14-16(2)11-22-24/h6-9,11-14H,3-5,10,15H2,1-2H3. The Kier molecular flexibility index (Phi) is 5.36. The second kappa shape index (κ2) is 7.86. The van der Waals surface area contributed by atoms with Gasteiger partial charge in [0.15, 0.2) is 0 Å². The largest absolute Gasteiger partial charge is 0.268 e. The summed E-state index contributed by atoms with van der Waals surface area (Å²) >= 11 is 0. The van der Waals surface area contributed by atoms with Crippen LogP contribution in [0.5, 0.6) is 0 Å². The molecular weight excluding hydrogens is 296 g/mol. The minimum absolute atomic E-state index is 0.806. The fraction of sp³-hybridized carbons (Fsp3) is 0.350. The van der Waals surface area contributed by atoms with Crippen molar-refractivity contribution in [1.82, 2.24) is 19.7 Å². The average molecular weight is 320 g/mol. The second-order valence-electron chi connectivity index (χ2n) is 6.31. The van der Waals surface area contributed by atoms with E-state index >= 15 is 0 Å². The second-order valence-corrected chi connectivity index (χ2v) is 6.31. The van der Waals surface area contributed by atoms with E-state index in [0.29, 0.717) is 0 Å². The summed E-state index contributed by atoms with van der Waals surface area (Å²) in [6.07, 6.45) is 11.9. The lowest BCUT2D eigenvalue weighted by Gasteiger charge is -2.06. The van der Waals surface area contributed by atoms with E-state index in [0.717, 1.165) is 30.8 Å². The first kappa shape index (κ1) is 16.4. The zero-order chi connectivity index (χ0) is 16.8. The minimum atomic E-state index is 0.806. The number of aromatic nitrogens is 4. The molecule has 0 saturated carbocycles. The first-order valence-electron chi connectivity index (χ1n) is 8.59. The van der Waals surface area contributed by atoms with E-state index in [1.807, 2.05) is 23.3 Å². The Labute approximate surface area is 143 Å². The van der Waals surface area contributed by atoms with Crippen LogP contribution in [-0.2, 0) is 19.4 Å². The van der Waals surface area contributed by atoms with Crippen molar-refractivity contribution in [1.29, 1.82) is 0 Å². The summed E-state index contributed by atoms with van der Waals surface area (Å²) in [5.41, 5.74) is 5.84. The highest BCUT2D eigenvalue weighted by molar-refractivity contribution is 5.26. The number of nitrogens with zero attached hydrogens (tertiary/aromatic N) is 4. The summed E-state index contributed by atoms with van der Waals surface area (Å²) in [5, 5.41) is 4.33. The summed E-state index contributed by atoms with van der Waals surface area (Å²) in [5.74, 6) is 0. The normalized spacial score (nSPS) is 10.9. The molecule has 1 aromatic carbocycles. The first-order chi connectivity index (χ1) is 11.7. The zero-order valence-corrected chi connectivity index (χ0v) is 14.4. The van der Waals surface area contributed by atoms with Crippen molar-refractivity contribution in [2.45, 2.75) is 46.1 Å². The van der Waals surface area contributed by atoms with Gasteiger partial charge in [-0.3, -0.25) is 14.6 Å². The number of hydrogen-bond donors (Lipinski definition) is 0. The molecule has 2 heterocycles. The molecule has 3 aromatic rings. The fourth-order valence-electron chi connectivity index (χ4n) is 2.73. The van der Waals surface area contributed by atoms with E-state index < -0.39 is 0 Å². The number of rotatable bonds is 7. The van der Waals surface area contributed by atoms with E-state index in [-0.39, 0.29) is 0 Å². The topological polar surface area (TPSA) is 43.6 Å². The Morgan fingerprint density at radius 1 is 0.958 bits per heavy atom. The van der Waals surface area contributed by atoms with Crippen LogP contribution >= 0.6 is 0 Å². The van der Waals surface area contributed by atoms with Gasteiger partial charge in [0.2, 0.25) is 0 Å². The number of hydrogen-bond acceptors (Lipinski definition) is 3. The maximum atomic E-state index is 4.72. The Balaban J connectivity index is 1.63. The lowest BCUT2D eigenvalue weighted by molar-refractivity contribution is 0.686. The van der Waals surface area contributed by atoms with Crippen molar-refractivity contribution in [3.05, 3.63) is 77.1 Å². The third-order valence-electron chi connectivity index (χ3n) is 4.04. The summed E-state index contributed by atoms with van der Waals surface area (Å²) in [6, 6.07) is 8.68. The fourth-order valence-corrected chi connectivity index (χ4v) is 2.73. The molecule has 4 heteroatoms. The van der Waals surface area contributed by atoms with Crippen LogP contribution < -0.4 is 0 Å². The predicted molar refractivity (Wildman–Crippen MR) is 96.0 cm³/mol. The lowest BCUT2D eigenvalue weighted by Crippen LogP contribution is -2.01. The predicted octanol–water partition coefficient (Wildman–Crippen LogP) is 3.96. The molecule has 3 rings (SSSR count). The zero-order valence-electron chi connectivity index (χ0n) is 14.4. The van der Waals surface area contributed by atoms with Gasteiger partial charge in [-0.2, -0.15) is 5.10 Å². The summed E-state index contributed by atoms with van der Waals surface area (Å²) in [4.78, 5) is 9.06. The number of aryl methyl sites for hydroxylation is 2. The van der Waals surface area contributed by atoms with Crippen molar-refractivity contribution >= 4 is 0 Å². The molecule has 0 spiro atoms. The highest BCUT2D eigenvalue weighted by atomic mass is 15.3. The van der Waals surface area contributed by atoms with Gasteiger partial charge in [-0.05, 0) is 36.5 Å². The van der Waals surface area contributed by atoms with Crippen LogP contribution in [-0.4, -0.2) is 19.7 Å². The molecule has 0 fully saturated rings. The third-order valence-corrected chi connectivity index (χ3v) is 4.04. The molecule has 0 unspecified atom stereocenters. The van der Waals surface area contributed by atoms with Crippen molar-refractivity contribution in [3.8, 4) is 0 Å². The molecule has 4 nitrogen and oxygen atoms in total. The number of benzene rings is 1.